The zero-order valence-corrected chi connectivity index (χ0v) is 17.1. The van der Waals surface area contributed by atoms with Gasteiger partial charge in [0.05, 0.1) is 12.8 Å². The van der Waals surface area contributed by atoms with E-state index in [4.69, 9.17) is 21.4 Å². The van der Waals surface area contributed by atoms with Gasteiger partial charge in [-0.25, -0.2) is 19.1 Å². The molecule has 0 radical (unpaired) electrons. The molecule has 1 aromatic carbocycles. The van der Waals surface area contributed by atoms with E-state index in [2.05, 4.69) is 29.8 Å². The van der Waals surface area contributed by atoms with Crippen molar-refractivity contribution in [3.05, 3.63) is 34.5 Å². The predicted octanol–water partition coefficient (Wildman–Crippen LogP) is 1.77. The summed E-state index contributed by atoms with van der Waals surface area (Å²) < 4.78 is 7.41. The Kier molecular flexibility index (Phi) is 8.98. The van der Waals surface area contributed by atoms with Gasteiger partial charge < -0.3 is 0 Å². The molecular formula is C14H17ClN6O5S2. The quantitative estimate of drug-likeness (QED) is 0.110. The van der Waals surface area contributed by atoms with Gasteiger partial charge in [-0.2, -0.15) is 4.89 Å². The molecule has 14 heteroatoms. The Balaban J connectivity index is 2.19. The molecular weight excluding hydrogens is 432 g/mol. The summed E-state index contributed by atoms with van der Waals surface area (Å²) in [6.07, 6.45) is 0. The number of carbonyl (C=O) groups is 1. The van der Waals surface area contributed by atoms with Gasteiger partial charge in [-0.3, -0.25) is 20.7 Å². The Labute approximate surface area is 173 Å². The molecule has 2 aromatic rings. The minimum Gasteiger partial charge on any atom is -0.297 e. The van der Waals surface area contributed by atoms with E-state index in [0.29, 0.717) is 10.7 Å². The van der Waals surface area contributed by atoms with Gasteiger partial charge in [-0.05, 0) is 34.9 Å². The van der Waals surface area contributed by atoms with Crippen molar-refractivity contribution in [3.63, 3.8) is 0 Å². The highest BCUT2D eigenvalue weighted by molar-refractivity contribution is 7.99. The molecule has 0 spiro atoms. The molecule has 0 aliphatic rings. The summed E-state index contributed by atoms with van der Waals surface area (Å²) in [5.74, 6) is -0.530. The van der Waals surface area contributed by atoms with Crippen molar-refractivity contribution in [2.75, 3.05) is 12.9 Å². The zero-order valence-electron chi connectivity index (χ0n) is 14.7. The second kappa shape index (κ2) is 11.2. The lowest BCUT2D eigenvalue weighted by molar-refractivity contribution is -0.256. The Hall–Kier alpha value is -1.87. The van der Waals surface area contributed by atoms with Gasteiger partial charge in [-0.1, -0.05) is 29.4 Å². The van der Waals surface area contributed by atoms with E-state index < -0.39 is 12.0 Å². The van der Waals surface area contributed by atoms with Crippen molar-refractivity contribution < 1.29 is 24.4 Å². The van der Waals surface area contributed by atoms with Crippen LogP contribution in [0.5, 0.6) is 0 Å². The Morgan fingerprint density at radius 3 is 2.93 bits per heavy atom. The van der Waals surface area contributed by atoms with Gasteiger partial charge >= 0.3 is 5.97 Å². The molecule has 5 N–H and O–H groups in total. The summed E-state index contributed by atoms with van der Waals surface area (Å²) in [7, 11) is 1.21. The number of thioether (sulfide) groups is 1. The lowest BCUT2D eigenvalue weighted by atomic mass is 10.2. The number of aliphatic imine (C=N–C) groups is 1. The number of benzene rings is 1. The van der Waals surface area contributed by atoms with E-state index in [1.165, 1.54) is 7.11 Å². The lowest BCUT2D eigenvalue weighted by Crippen LogP contribution is -2.37. The largest absolute Gasteiger partial charge is 0.360 e. The molecule has 0 aliphatic heterocycles. The van der Waals surface area contributed by atoms with Crippen LogP contribution in [-0.2, 0) is 14.6 Å². The fraction of sp³-hybridized carbons (Fsp3) is 0.286. The molecule has 0 amide bonds. The molecule has 152 valence electrons. The van der Waals surface area contributed by atoms with Crippen LogP contribution in [-0.4, -0.2) is 46.2 Å². The first kappa shape index (κ1) is 22.4. The Bertz CT molecular complexity index is 836. The van der Waals surface area contributed by atoms with Crippen molar-refractivity contribution in [2.24, 2.45) is 10.1 Å². The van der Waals surface area contributed by atoms with Crippen LogP contribution in [0.2, 0.25) is 5.02 Å². The second-order valence-corrected chi connectivity index (χ2v) is 6.98. The molecule has 1 heterocycles. The smallest absolute Gasteiger partial charge is 0.297 e. The summed E-state index contributed by atoms with van der Waals surface area (Å²) >= 11 is 7.95. The van der Waals surface area contributed by atoms with Crippen LogP contribution >= 0.6 is 35.5 Å². The number of amidine groups is 1. The highest BCUT2D eigenvalue weighted by Crippen LogP contribution is 2.25. The van der Waals surface area contributed by atoms with Crippen molar-refractivity contribution in [1.82, 2.24) is 20.5 Å². The number of nitrogens with zero attached hydrogens (tertiary/aromatic N) is 3. The van der Waals surface area contributed by atoms with Gasteiger partial charge in [-0.15, -0.1) is 0 Å². The van der Waals surface area contributed by atoms with Crippen molar-refractivity contribution in [2.45, 2.75) is 18.0 Å². The van der Waals surface area contributed by atoms with E-state index >= 15 is 0 Å². The van der Waals surface area contributed by atoms with Gasteiger partial charge in [0.25, 0.3) is 0 Å². The molecule has 0 saturated carbocycles. The number of carbonyl (C=O) groups excluding carboxylic acids is 1. The van der Waals surface area contributed by atoms with Gasteiger partial charge in [0, 0.05) is 22.9 Å². The van der Waals surface area contributed by atoms with Crippen LogP contribution in [0.15, 0.2) is 32.8 Å². The van der Waals surface area contributed by atoms with Gasteiger partial charge in [0.2, 0.25) is 0 Å². The Morgan fingerprint density at radius 1 is 1.50 bits per heavy atom. The minimum absolute atomic E-state index is 0.0131. The van der Waals surface area contributed by atoms with Gasteiger partial charge in [0.15, 0.2) is 16.6 Å². The average Bonchev–Trinajstić information content (AvgIpc) is 3.14. The summed E-state index contributed by atoms with van der Waals surface area (Å²) in [5.41, 5.74) is 3.47. The number of aryl methyl sites for hydroxylation is 1. The van der Waals surface area contributed by atoms with Crippen LogP contribution < -0.4 is 15.3 Å². The third-order valence-electron chi connectivity index (χ3n) is 3.23. The maximum atomic E-state index is 11.8. The first-order valence-electron chi connectivity index (χ1n) is 7.56. The second-order valence-electron chi connectivity index (χ2n) is 5.09. The minimum atomic E-state index is -0.803. The third-order valence-corrected chi connectivity index (χ3v) is 5.10. The van der Waals surface area contributed by atoms with Crippen LogP contribution in [0.1, 0.15) is 11.3 Å². The van der Waals surface area contributed by atoms with E-state index in [1.54, 1.807) is 18.2 Å². The molecule has 1 aromatic heterocycles. The average molecular weight is 449 g/mol. The zero-order chi connectivity index (χ0) is 20.5. The molecule has 0 saturated heterocycles. The van der Waals surface area contributed by atoms with E-state index in [1.807, 2.05) is 12.4 Å². The monoisotopic (exact) mass is 448 g/mol. The van der Waals surface area contributed by atoms with Crippen molar-refractivity contribution >= 4 is 53.0 Å². The SMILES string of the molecule is COOC(=O)C(CSc1nonc1C(=Nc1ccc(C)c(Cl)c1)NO)NSN. The number of aromatic nitrogens is 2. The van der Waals surface area contributed by atoms with Crippen molar-refractivity contribution in [1.29, 1.82) is 0 Å². The standard InChI is InChI=1S/C14H17ClN6O5S2/c1-7-3-4-8(5-9(7)15)17-12(18-23)11-13(20-26-19-11)27-6-10(21-28-16)14(22)25-24-2/h3-5,10,21,23H,6,16H2,1-2H3,(H,17,18). The maximum Gasteiger partial charge on any atom is 0.360 e. The first-order chi connectivity index (χ1) is 13.5. The molecule has 0 aliphatic carbocycles. The summed E-state index contributed by atoms with van der Waals surface area (Å²) in [5, 5.41) is 23.1. The highest BCUT2D eigenvalue weighted by Gasteiger charge is 2.24. The number of hydroxylamine groups is 1. The predicted molar refractivity (Wildman–Crippen MR) is 104 cm³/mol. The van der Waals surface area contributed by atoms with E-state index in [-0.39, 0.29) is 22.3 Å². The van der Waals surface area contributed by atoms with Crippen LogP contribution in [0, 0.1) is 6.92 Å². The number of nitrogens with two attached hydrogens (primary N) is 1. The third kappa shape index (κ3) is 6.07. The number of nitrogens with one attached hydrogen (secondary N) is 2. The van der Waals surface area contributed by atoms with Gasteiger partial charge in [0.1, 0.15) is 6.04 Å². The Morgan fingerprint density at radius 2 is 2.29 bits per heavy atom. The molecule has 0 bridgehead atoms. The summed E-state index contributed by atoms with van der Waals surface area (Å²) in [4.78, 5) is 24.9. The van der Waals surface area contributed by atoms with E-state index in [9.17, 15) is 10.0 Å². The molecule has 1 unspecified atom stereocenters. The molecule has 2 rings (SSSR count). The topological polar surface area (TPSA) is 157 Å². The van der Waals surface area contributed by atoms with Crippen molar-refractivity contribution in [3.8, 4) is 0 Å². The molecule has 0 fully saturated rings. The number of hydrogen-bond acceptors (Lipinski definition) is 12. The first-order valence-corrected chi connectivity index (χ1v) is 9.80. The van der Waals surface area contributed by atoms with Crippen LogP contribution in [0.4, 0.5) is 5.69 Å². The fourth-order valence-corrected chi connectivity index (χ4v) is 3.39. The lowest BCUT2D eigenvalue weighted by Gasteiger charge is -2.13. The summed E-state index contributed by atoms with van der Waals surface area (Å²) in [6, 6.07) is 4.34. The molecule has 11 nitrogen and oxygen atoms in total. The molecule has 1 atom stereocenters. The fourth-order valence-electron chi connectivity index (χ4n) is 1.87. The van der Waals surface area contributed by atoms with E-state index in [0.717, 1.165) is 29.5 Å². The number of rotatable bonds is 9. The molecule has 28 heavy (non-hydrogen) atoms. The number of halogens is 1. The number of hydrogen-bond donors (Lipinski definition) is 4. The van der Waals surface area contributed by atoms with Crippen LogP contribution in [0.3, 0.4) is 0 Å². The summed E-state index contributed by atoms with van der Waals surface area (Å²) in [6.45, 7) is 1.86. The highest BCUT2D eigenvalue weighted by atomic mass is 35.5. The maximum absolute atomic E-state index is 11.8. The normalized spacial score (nSPS) is 12.7. The van der Waals surface area contributed by atoms with Crippen LogP contribution in [0.25, 0.3) is 0 Å².